The van der Waals surface area contributed by atoms with Crippen LogP contribution in [-0.4, -0.2) is 34.6 Å². The van der Waals surface area contributed by atoms with Gasteiger partial charge in [0.25, 0.3) is 0 Å². The van der Waals surface area contributed by atoms with Gasteiger partial charge in [0, 0.05) is 25.0 Å². The molecule has 3 atom stereocenters. The number of hydrogen-bond donors (Lipinski definition) is 2. The molecule has 1 aliphatic rings. The lowest BCUT2D eigenvalue weighted by Gasteiger charge is -2.30. The maximum absolute atomic E-state index is 8.58. The molecule has 1 saturated heterocycles. The summed E-state index contributed by atoms with van der Waals surface area (Å²) in [6, 6.07) is 1.04. The molecular weight excluding hydrogens is 190 g/mol. The first-order chi connectivity index (χ1) is 7.08. The Labute approximate surface area is 92.1 Å². The van der Waals surface area contributed by atoms with E-state index < -0.39 is 0 Å². The molecule has 4 nitrogen and oxygen atoms in total. The zero-order chi connectivity index (χ0) is 11.4. The molecule has 0 aliphatic carbocycles. The summed E-state index contributed by atoms with van der Waals surface area (Å²) in [5.74, 6) is 1.11. The molecule has 0 radical (unpaired) electrons. The SMILES string of the molecule is CCC(CC(N)=NO)N1CC(C)CC1C. The van der Waals surface area contributed by atoms with Crippen LogP contribution < -0.4 is 5.73 Å². The van der Waals surface area contributed by atoms with Crippen molar-refractivity contribution >= 4 is 5.84 Å². The van der Waals surface area contributed by atoms with Crippen molar-refractivity contribution in [1.29, 1.82) is 0 Å². The molecule has 0 aromatic rings. The topological polar surface area (TPSA) is 61.9 Å². The average molecular weight is 213 g/mol. The van der Waals surface area contributed by atoms with Crippen LogP contribution in [0.3, 0.4) is 0 Å². The summed E-state index contributed by atoms with van der Waals surface area (Å²) in [6.07, 6.45) is 2.98. The number of hydrogen-bond acceptors (Lipinski definition) is 3. The highest BCUT2D eigenvalue weighted by atomic mass is 16.4. The van der Waals surface area contributed by atoms with E-state index in [2.05, 4.69) is 30.8 Å². The molecule has 1 fully saturated rings. The van der Waals surface area contributed by atoms with E-state index in [1.165, 1.54) is 6.42 Å². The molecule has 1 aliphatic heterocycles. The maximum Gasteiger partial charge on any atom is 0.140 e. The predicted octanol–water partition coefficient (Wildman–Crippen LogP) is 1.63. The van der Waals surface area contributed by atoms with Gasteiger partial charge >= 0.3 is 0 Å². The molecule has 0 aromatic carbocycles. The third kappa shape index (κ3) is 3.09. The normalized spacial score (nSPS) is 30.7. The predicted molar refractivity (Wildman–Crippen MR) is 62.1 cm³/mol. The number of amidine groups is 1. The minimum atomic E-state index is 0.341. The summed E-state index contributed by atoms with van der Waals surface area (Å²) in [5.41, 5.74) is 5.57. The van der Waals surface area contributed by atoms with E-state index in [0.29, 0.717) is 24.3 Å². The molecule has 3 unspecified atom stereocenters. The molecule has 4 heteroatoms. The molecule has 88 valence electrons. The van der Waals surface area contributed by atoms with Crippen LogP contribution in [0.1, 0.15) is 40.0 Å². The zero-order valence-electron chi connectivity index (χ0n) is 9.98. The molecule has 15 heavy (non-hydrogen) atoms. The van der Waals surface area contributed by atoms with Crippen LogP contribution >= 0.6 is 0 Å². The number of nitrogens with two attached hydrogens (primary N) is 1. The Morgan fingerprint density at radius 3 is 2.67 bits per heavy atom. The van der Waals surface area contributed by atoms with Crippen molar-refractivity contribution < 1.29 is 5.21 Å². The molecule has 0 bridgehead atoms. The molecule has 3 N–H and O–H groups in total. The highest BCUT2D eigenvalue weighted by molar-refractivity contribution is 5.80. The van der Waals surface area contributed by atoms with Gasteiger partial charge in [0.15, 0.2) is 0 Å². The third-order valence-corrected chi connectivity index (χ3v) is 3.35. The Kier molecular flexibility index (Phi) is 4.39. The van der Waals surface area contributed by atoms with Crippen molar-refractivity contribution in [1.82, 2.24) is 4.90 Å². The fraction of sp³-hybridized carbons (Fsp3) is 0.909. The van der Waals surface area contributed by atoms with Crippen LogP contribution in [0, 0.1) is 5.92 Å². The average Bonchev–Trinajstić information content (AvgIpc) is 2.54. The van der Waals surface area contributed by atoms with E-state index in [1.807, 2.05) is 0 Å². The van der Waals surface area contributed by atoms with Crippen LogP contribution in [-0.2, 0) is 0 Å². The fourth-order valence-corrected chi connectivity index (χ4v) is 2.62. The maximum atomic E-state index is 8.58. The second-order valence-electron chi connectivity index (χ2n) is 4.74. The second-order valence-corrected chi connectivity index (χ2v) is 4.74. The lowest BCUT2D eigenvalue weighted by Crippen LogP contribution is -2.40. The number of rotatable bonds is 4. The quantitative estimate of drug-likeness (QED) is 0.323. The monoisotopic (exact) mass is 213 g/mol. The summed E-state index contributed by atoms with van der Waals surface area (Å²) >= 11 is 0. The summed E-state index contributed by atoms with van der Waals surface area (Å²) in [6.45, 7) is 7.84. The van der Waals surface area contributed by atoms with Gasteiger partial charge in [-0.3, -0.25) is 4.90 Å². The standard InChI is InChI=1S/C11H23N3O/c1-4-10(6-11(12)13-15)14-7-8(2)5-9(14)3/h8-10,15H,4-7H2,1-3H3,(H2,12,13). The van der Waals surface area contributed by atoms with Crippen molar-refractivity contribution in [2.24, 2.45) is 16.8 Å². The van der Waals surface area contributed by atoms with Crippen LogP contribution in [0.15, 0.2) is 5.16 Å². The summed E-state index contributed by atoms with van der Waals surface area (Å²) in [7, 11) is 0. The first kappa shape index (κ1) is 12.3. The lowest BCUT2D eigenvalue weighted by molar-refractivity contribution is 0.184. The molecule has 0 saturated carbocycles. The van der Waals surface area contributed by atoms with E-state index in [0.717, 1.165) is 18.9 Å². The van der Waals surface area contributed by atoms with Crippen molar-refractivity contribution in [2.45, 2.75) is 52.1 Å². The first-order valence-electron chi connectivity index (χ1n) is 5.80. The number of likely N-dealkylation sites (tertiary alicyclic amines) is 1. The highest BCUT2D eigenvalue weighted by Crippen LogP contribution is 2.26. The van der Waals surface area contributed by atoms with Crippen molar-refractivity contribution in [3.05, 3.63) is 0 Å². The van der Waals surface area contributed by atoms with Crippen LogP contribution in [0.4, 0.5) is 0 Å². The summed E-state index contributed by atoms with van der Waals surface area (Å²) in [4.78, 5) is 2.49. The minimum absolute atomic E-state index is 0.341. The highest BCUT2D eigenvalue weighted by Gasteiger charge is 2.31. The van der Waals surface area contributed by atoms with E-state index in [4.69, 9.17) is 10.9 Å². The molecular formula is C11H23N3O. The molecule has 0 spiro atoms. The van der Waals surface area contributed by atoms with E-state index in [1.54, 1.807) is 0 Å². The third-order valence-electron chi connectivity index (χ3n) is 3.35. The van der Waals surface area contributed by atoms with E-state index >= 15 is 0 Å². The Morgan fingerprint density at radius 2 is 2.27 bits per heavy atom. The van der Waals surface area contributed by atoms with Crippen molar-refractivity contribution in [3.8, 4) is 0 Å². The van der Waals surface area contributed by atoms with Crippen LogP contribution in [0.25, 0.3) is 0 Å². The molecule has 0 amide bonds. The Bertz CT molecular complexity index is 230. The summed E-state index contributed by atoms with van der Waals surface area (Å²) in [5, 5.41) is 11.6. The fourth-order valence-electron chi connectivity index (χ4n) is 2.62. The van der Waals surface area contributed by atoms with Crippen molar-refractivity contribution in [2.75, 3.05) is 6.54 Å². The Balaban J connectivity index is 2.58. The van der Waals surface area contributed by atoms with Gasteiger partial charge in [0.05, 0.1) is 0 Å². The van der Waals surface area contributed by atoms with Gasteiger partial charge in [-0.05, 0) is 25.7 Å². The van der Waals surface area contributed by atoms with Gasteiger partial charge in [-0.15, -0.1) is 0 Å². The second kappa shape index (κ2) is 5.35. The Morgan fingerprint density at radius 1 is 1.60 bits per heavy atom. The minimum Gasteiger partial charge on any atom is -0.409 e. The smallest absolute Gasteiger partial charge is 0.140 e. The van der Waals surface area contributed by atoms with E-state index in [-0.39, 0.29) is 0 Å². The summed E-state index contributed by atoms with van der Waals surface area (Å²) < 4.78 is 0. The zero-order valence-corrected chi connectivity index (χ0v) is 9.98. The van der Waals surface area contributed by atoms with Crippen molar-refractivity contribution in [3.63, 3.8) is 0 Å². The van der Waals surface area contributed by atoms with Gasteiger partial charge < -0.3 is 10.9 Å². The largest absolute Gasteiger partial charge is 0.409 e. The van der Waals surface area contributed by atoms with E-state index in [9.17, 15) is 0 Å². The van der Waals surface area contributed by atoms with Gasteiger partial charge in [-0.25, -0.2) is 0 Å². The Hall–Kier alpha value is -0.770. The van der Waals surface area contributed by atoms with Gasteiger partial charge in [-0.2, -0.15) is 0 Å². The molecule has 1 rings (SSSR count). The number of nitrogens with zero attached hydrogens (tertiary/aromatic N) is 2. The van der Waals surface area contributed by atoms with Gasteiger partial charge in [0.2, 0.25) is 0 Å². The number of oxime groups is 1. The first-order valence-corrected chi connectivity index (χ1v) is 5.80. The lowest BCUT2D eigenvalue weighted by atomic mass is 10.1. The van der Waals surface area contributed by atoms with Gasteiger partial charge in [0.1, 0.15) is 5.84 Å². The van der Waals surface area contributed by atoms with Crippen LogP contribution in [0.2, 0.25) is 0 Å². The molecule has 0 aromatic heterocycles. The van der Waals surface area contributed by atoms with Gasteiger partial charge in [-0.1, -0.05) is 19.0 Å². The molecule has 1 heterocycles. The van der Waals surface area contributed by atoms with Crippen LogP contribution in [0.5, 0.6) is 0 Å².